The van der Waals surface area contributed by atoms with Crippen molar-refractivity contribution in [1.29, 1.82) is 0 Å². The maximum atomic E-state index is 12.1. The van der Waals surface area contributed by atoms with Gasteiger partial charge in [0.15, 0.2) is 0 Å². The number of likely N-dealkylation sites (N-methyl/N-ethyl adjacent to an activating group) is 1. The zero-order valence-corrected chi connectivity index (χ0v) is 15.0. The highest BCUT2D eigenvalue weighted by Gasteiger charge is 2.19. The Kier molecular flexibility index (Phi) is 8.35. The molecule has 7 heteroatoms. The molecule has 0 aromatic carbocycles. The standard InChI is InChI=1S/C15H31N3O3S/c1-17(2)12-13-18(22(3,20)21)11-10-15(19)16-14-8-6-4-5-7-9-14/h14H,4-13H2,1-3H3,(H,16,19). The number of hydrogen-bond acceptors (Lipinski definition) is 4. The monoisotopic (exact) mass is 333 g/mol. The zero-order chi connectivity index (χ0) is 16.6. The Balaban J connectivity index is 2.40. The average Bonchev–Trinajstić information content (AvgIpc) is 2.65. The van der Waals surface area contributed by atoms with Gasteiger partial charge in [0.05, 0.1) is 6.26 Å². The maximum absolute atomic E-state index is 12.1. The van der Waals surface area contributed by atoms with E-state index in [1.54, 1.807) is 0 Å². The number of rotatable bonds is 8. The lowest BCUT2D eigenvalue weighted by atomic mass is 10.1. The fraction of sp³-hybridized carbons (Fsp3) is 0.933. The molecule has 1 N–H and O–H groups in total. The number of carbonyl (C=O) groups excluding carboxylic acids is 1. The summed E-state index contributed by atoms with van der Waals surface area (Å²) in [5.74, 6) is -0.0367. The van der Waals surface area contributed by atoms with Crippen LogP contribution in [0.25, 0.3) is 0 Å². The molecule has 1 aliphatic carbocycles. The molecule has 0 saturated heterocycles. The summed E-state index contributed by atoms with van der Waals surface area (Å²) in [5, 5.41) is 3.06. The van der Waals surface area contributed by atoms with Gasteiger partial charge in [-0.2, -0.15) is 0 Å². The van der Waals surface area contributed by atoms with E-state index in [0.29, 0.717) is 13.1 Å². The van der Waals surface area contributed by atoms with E-state index in [9.17, 15) is 13.2 Å². The summed E-state index contributed by atoms with van der Waals surface area (Å²) < 4.78 is 24.9. The van der Waals surface area contributed by atoms with E-state index in [1.165, 1.54) is 36.2 Å². The van der Waals surface area contributed by atoms with Gasteiger partial charge >= 0.3 is 0 Å². The van der Waals surface area contributed by atoms with Gasteiger partial charge < -0.3 is 10.2 Å². The minimum atomic E-state index is -3.27. The Hall–Kier alpha value is -0.660. The number of amides is 1. The van der Waals surface area contributed by atoms with Crippen molar-refractivity contribution in [2.45, 2.75) is 51.0 Å². The van der Waals surface area contributed by atoms with Gasteiger partial charge in [-0.15, -0.1) is 0 Å². The van der Waals surface area contributed by atoms with Crippen LogP contribution in [0.1, 0.15) is 44.9 Å². The van der Waals surface area contributed by atoms with E-state index in [1.807, 2.05) is 19.0 Å². The third-order valence-corrected chi connectivity index (χ3v) is 5.38. The normalized spacial score (nSPS) is 17.7. The molecule has 1 fully saturated rings. The topological polar surface area (TPSA) is 69.7 Å². The second-order valence-corrected chi connectivity index (χ2v) is 8.45. The van der Waals surface area contributed by atoms with Crippen LogP contribution in [0.4, 0.5) is 0 Å². The Morgan fingerprint density at radius 1 is 1.05 bits per heavy atom. The van der Waals surface area contributed by atoms with E-state index in [2.05, 4.69) is 5.32 Å². The average molecular weight is 333 g/mol. The van der Waals surface area contributed by atoms with Gasteiger partial charge in [0.1, 0.15) is 0 Å². The quantitative estimate of drug-likeness (QED) is 0.674. The maximum Gasteiger partial charge on any atom is 0.221 e. The molecule has 6 nitrogen and oxygen atoms in total. The van der Waals surface area contributed by atoms with Crippen LogP contribution in [0, 0.1) is 0 Å². The Morgan fingerprint density at radius 2 is 1.64 bits per heavy atom. The predicted molar refractivity (Wildman–Crippen MR) is 89.2 cm³/mol. The molecule has 130 valence electrons. The number of hydrogen-bond donors (Lipinski definition) is 1. The molecule has 0 aromatic rings. The van der Waals surface area contributed by atoms with Crippen molar-refractivity contribution < 1.29 is 13.2 Å². The first kappa shape index (κ1) is 19.4. The molecule has 0 aliphatic heterocycles. The molecular formula is C15H31N3O3S. The fourth-order valence-electron chi connectivity index (χ4n) is 2.70. The largest absolute Gasteiger partial charge is 0.353 e. The Morgan fingerprint density at radius 3 is 2.14 bits per heavy atom. The molecule has 0 unspecified atom stereocenters. The minimum absolute atomic E-state index is 0.0367. The molecule has 0 spiro atoms. The van der Waals surface area contributed by atoms with Gasteiger partial charge in [-0.25, -0.2) is 12.7 Å². The molecule has 0 radical (unpaired) electrons. The van der Waals surface area contributed by atoms with Crippen LogP contribution < -0.4 is 5.32 Å². The van der Waals surface area contributed by atoms with Crippen molar-refractivity contribution in [3.63, 3.8) is 0 Å². The van der Waals surface area contributed by atoms with Crippen molar-refractivity contribution in [3.8, 4) is 0 Å². The smallest absolute Gasteiger partial charge is 0.221 e. The molecule has 22 heavy (non-hydrogen) atoms. The number of nitrogens with zero attached hydrogens (tertiary/aromatic N) is 2. The van der Waals surface area contributed by atoms with Gasteiger partial charge in [0.2, 0.25) is 15.9 Å². The van der Waals surface area contributed by atoms with Gasteiger partial charge in [-0.1, -0.05) is 25.7 Å². The van der Waals surface area contributed by atoms with Crippen LogP contribution >= 0.6 is 0 Å². The molecule has 1 aliphatic rings. The third kappa shape index (κ3) is 8.10. The van der Waals surface area contributed by atoms with Crippen molar-refractivity contribution in [2.75, 3.05) is 40.0 Å². The van der Waals surface area contributed by atoms with E-state index in [-0.39, 0.29) is 24.9 Å². The summed E-state index contributed by atoms with van der Waals surface area (Å²) in [6.45, 7) is 1.32. The van der Waals surface area contributed by atoms with E-state index in [4.69, 9.17) is 0 Å². The molecule has 0 heterocycles. The van der Waals surface area contributed by atoms with Crippen molar-refractivity contribution >= 4 is 15.9 Å². The fourth-order valence-corrected chi connectivity index (χ4v) is 3.54. The van der Waals surface area contributed by atoms with Crippen molar-refractivity contribution in [2.24, 2.45) is 0 Å². The summed E-state index contributed by atoms with van der Waals surface area (Å²) in [5.41, 5.74) is 0. The molecule has 1 rings (SSSR count). The first-order valence-corrected chi connectivity index (χ1v) is 10.0. The van der Waals surface area contributed by atoms with Crippen molar-refractivity contribution in [3.05, 3.63) is 0 Å². The van der Waals surface area contributed by atoms with Crippen LogP contribution in [0.5, 0.6) is 0 Å². The summed E-state index contributed by atoms with van der Waals surface area (Å²) in [6.07, 6.45) is 8.36. The van der Waals surface area contributed by atoms with Crippen LogP contribution in [0.15, 0.2) is 0 Å². The Labute approximate surface area is 135 Å². The number of sulfonamides is 1. The molecule has 1 saturated carbocycles. The lowest BCUT2D eigenvalue weighted by Crippen LogP contribution is -2.40. The molecule has 0 atom stereocenters. The second kappa shape index (κ2) is 9.47. The second-order valence-electron chi connectivity index (χ2n) is 6.47. The van der Waals surface area contributed by atoms with Crippen LogP contribution in [0.2, 0.25) is 0 Å². The van der Waals surface area contributed by atoms with Crippen LogP contribution in [-0.2, 0) is 14.8 Å². The first-order valence-electron chi connectivity index (χ1n) is 8.18. The van der Waals surface area contributed by atoms with Crippen LogP contribution in [-0.4, -0.2) is 69.6 Å². The highest BCUT2D eigenvalue weighted by atomic mass is 32.2. The minimum Gasteiger partial charge on any atom is -0.353 e. The first-order chi connectivity index (χ1) is 10.3. The van der Waals surface area contributed by atoms with Crippen molar-refractivity contribution in [1.82, 2.24) is 14.5 Å². The molecular weight excluding hydrogens is 302 g/mol. The summed E-state index contributed by atoms with van der Waals surface area (Å²) in [7, 11) is 0.536. The van der Waals surface area contributed by atoms with Gasteiger partial charge in [-0.05, 0) is 26.9 Å². The number of carbonyl (C=O) groups is 1. The zero-order valence-electron chi connectivity index (χ0n) is 14.2. The van der Waals surface area contributed by atoms with Gasteiger partial charge in [0, 0.05) is 32.1 Å². The molecule has 0 aromatic heterocycles. The van der Waals surface area contributed by atoms with Gasteiger partial charge in [0.25, 0.3) is 0 Å². The lowest BCUT2D eigenvalue weighted by molar-refractivity contribution is -0.122. The van der Waals surface area contributed by atoms with Gasteiger partial charge in [-0.3, -0.25) is 4.79 Å². The van der Waals surface area contributed by atoms with Crippen LogP contribution in [0.3, 0.4) is 0 Å². The third-order valence-electron chi connectivity index (χ3n) is 4.07. The van der Waals surface area contributed by atoms with E-state index < -0.39 is 10.0 Å². The summed E-state index contributed by atoms with van der Waals surface area (Å²) in [4.78, 5) is 14.0. The highest BCUT2D eigenvalue weighted by Crippen LogP contribution is 2.17. The Bertz CT molecular complexity index is 429. The molecule has 0 bridgehead atoms. The summed E-state index contributed by atoms with van der Waals surface area (Å²) >= 11 is 0. The SMILES string of the molecule is CN(C)CCN(CCC(=O)NC1CCCCCC1)S(C)(=O)=O. The van der Waals surface area contributed by atoms with E-state index in [0.717, 1.165) is 12.8 Å². The highest BCUT2D eigenvalue weighted by molar-refractivity contribution is 7.88. The number of nitrogens with one attached hydrogen (secondary N) is 1. The predicted octanol–water partition coefficient (Wildman–Crippen LogP) is 1.04. The molecule has 1 amide bonds. The summed E-state index contributed by atoms with van der Waals surface area (Å²) in [6, 6.07) is 0.267. The lowest BCUT2D eigenvalue weighted by Gasteiger charge is -2.22. The van der Waals surface area contributed by atoms with E-state index >= 15 is 0 Å².